The first kappa shape index (κ1) is 23.7. The van der Waals surface area contributed by atoms with Crippen LogP contribution in [0.2, 0.25) is 0 Å². The lowest BCUT2D eigenvalue weighted by molar-refractivity contribution is -0.144. The fraction of sp³-hybridized carbons (Fsp3) is 0.321. The third-order valence-corrected chi connectivity index (χ3v) is 5.52. The molecule has 0 aliphatic rings. The van der Waals surface area contributed by atoms with Gasteiger partial charge in [-0.2, -0.15) is 0 Å². The fourth-order valence-corrected chi connectivity index (χ4v) is 3.75. The van der Waals surface area contributed by atoms with Gasteiger partial charge in [-0.3, -0.25) is 4.79 Å². The van der Waals surface area contributed by atoms with Crippen molar-refractivity contribution in [3.05, 3.63) is 108 Å². The first-order valence-corrected chi connectivity index (χ1v) is 11.5. The van der Waals surface area contributed by atoms with Gasteiger partial charge in [0.2, 0.25) is 0 Å². The summed E-state index contributed by atoms with van der Waals surface area (Å²) in [5, 5.41) is 13.5. The minimum Gasteiger partial charge on any atom is -0.465 e. The Labute approximate surface area is 191 Å². The molecule has 4 heteroatoms. The average Bonchev–Trinajstić information content (AvgIpc) is 2.85. The molecule has 3 aromatic carbocycles. The lowest BCUT2D eigenvalue weighted by Crippen LogP contribution is -2.22. The topological polar surface area (TPSA) is 58.6 Å². The Morgan fingerprint density at radius 2 is 1.22 bits per heavy atom. The molecule has 1 unspecified atom stereocenters. The van der Waals surface area contributed by atoms with Gasteiger partial charge in [-0.1, -0.05) is 104 Å². The van der Waals surface area contributed by atoms with E-state index < -0.39 is 12.0 Å². The minimum absolute atomic E-state index is 0.195. The number of carbonyl (C=O) groups is 1. The van der Waals surface area contributed by atoms with Crippen LogP contribution in [0, 0.1) is 0 Å². The summed E-state index contributed by atoms with van der Waals surface area (Å²) in [5.41, 5.74) is 2.84. The summed E-state index contributed by atoms with van der Waals surface area (Å²) in [5.74, 6) is -0.586. The molecule has 0 aromatic heterocycles. The SMILES string of the molecule is O=C(OCCCCCCNCC(O)c1ccccc1)C(c1ccccc1)c1ccccc1. The number of nitrogens with one attached hydrogen (secondary N) is 1. The Morgan fingerprint density at radius 3 is 1.78 bits per heavy atom. The molecule has 0 radical (unpaired) electrons. The van der Waals surface area contributed by atoms with E-state index in [9.17, 15) is 9.90 Å². The Hall–Kier alpha value is -2.95. The quantitative estimate of drug-likeness (QED) is 0.287. The summed E-state index contributed by atoms with van der Waals surface area (Å²) in [7, 11) is 0. The van der Waals surface area contributed by atoms with Crippen LogP contribution in [-0.4, -0.2) is 30.8 Å². The fourth-order valence-electron chi connectivity index (χ4n) is 3.75. The number of ether oxygens (including phenoxy) is 1. The second-order valence-corrected chi connectivity index (χ2v) is 7.97. The molecule has 3 aromatic rings. The second kappa shape index (κ2) is 13.5. The molecule has 0 bridgehead atoms. The van der Waals surface area contributed by atoms with E-state index in [-0.39, 0.29) is 5.97 Å². The van der Waals surface area contributed by atoms with Gasteiger partial charge in [-0.15, -0.1) is 0 Å². The highest BCUT2D eigenvalue weighted by Crippen LogP contribution is 2.26. The van der Waals surface area contributed by atoms with Gasteiger partial charge in [-0.25, -0.2) is 0 Å². The summed E-state index contributed by atoms with van der Waals surface area (Å²) in [4.78, 5) is 12.8. The van der Waals surface area contributed by atoms with Crippen molar-refractivity contribution in [2.75, 3.05) is 19.7 Å². The van der Waals surface area contributed by atoms with Crippen LogP contribution in [0.3, 0.4) is 0 Å². The normalized spacial score (nSPS) is 11.9. The molecule has 0 saturated heterocycles. The van der Waals surface area contributed by atoms with Gasteiger partial charge in [0, 0.05) is 6.54 Å². The largest absolute Gasteiger partial charge is 0.465 e. The predicted octanol–water partition coefficient (Wildman–Crippen LogP) is 5.25. The van der Waals surface area contributed by atoms with Gasteiger partial charge < -0.3 is 15.2 Å². The number of aliphatic hydroxyl groups is 1. The van der Waals surface area contributed by atoms with E-state index in [0.29, 0.717) is 13.2 Å². The van der Waals surface area contributed by atoms with Crippen molar-refractivity contribution in [1.29, 1.82) is 0 Å². The zero-order valence-corrected chi connectivity index (χ0v) is 18.5. The first-order valence-electron chi connectivity index (χ1n) is 11.5. The number of carbonyl (C=O) groups excluding carboxylic acids is 1. The number of unbranched alkanes of at least 4 members (excludes halogenated alkanes) is 3. The van der Waals surface area contributed by atoms with Crippen LogP contribution in [0.1, 0.15) is 54.4 Å². The van der Waals surface area contributed by atoms with Crippen molar-refractivity contribution in [1.82, 2.24) is 5.32 Å². The summed E-state index contributed by atoms with van der Waals surface area (Å²) in [6, 6.07) is 29.3. The molecule has 0 fully saturated rings. The smallest absolute Gasteiger partial charge is 0.317 e. The summed E-state index contributed by atoms with van der Waals surface area (Å²) in [6.07, 6.45) is 3.49. The maximum absolute atomic E-state index is 12.8. The van der Waals surface area contributed by atoms with E-state index in [2.05, 4.69) is 5.32 Å². The second-order valence-electron chi connectivity index (χ2n) is 7.97. The van der Waals surface area contributed by atoms with Gasteiger partial charge in [0.1, 0.15) is 5.92 Å². The van der Waals surface area contributed by atoms with Crippen LogP contribution >= 0.6 is 0 Å². The third kappa shape index (κ3) is 7.63. The molecule has 3 rings (SSSR count). The first-order chi connectivity index (χ1) is 15.8. The lowest BCUT2D eigenvalue weighted by atomic mass is 9.91. The number of esters is 1. The van der Waals surface area contributed by atoms with Gasteiger partial charge in [-0.05, 0) is 36.1 Å². The zero-order chi connectivity index (χ0) is 22.4. The van der Waals surface area contributed by atoms with Crippen LogP contribution in [0.25, 0.3) is 0 Å². The van der Waals surface area contributed by atoms with E-state index in [1.807, 2.05) is 91.0 Å². The predicted molar refractivity (Wildman–Crippen MR) is 128 cm³/mol. The van der Waals surface area contributed by atoms with Crippen LogP contribution < -0.4 is 5.32 Å². The number of hydrogen-bond acceptors (Lipinski definition) is 4. The van der Waals surface area contributed by atoms with Crippen molar-refractivity contribution in [3.8, 4) is 0 Å². The number of benzene rings is 3. The van der Waals surface area contributed by atoms with Crippen molar-refractivity contribution < 1.29 is 14.6 Å². The molecule has 1 atom stereocenters. The molecule has 0 aliphatic carbocycles. The summed E-state index contributed by atoms with van der Waals surface area (Å²) < 4.78 is 5.63. The Bertz CT molecular complexity index is 860. The summed E-state index contributed by atoms with van der Waals surface area (Å²) in [6.45, 7) is 1.87. The maximum atomic E-state index is 12.8. The molecule has 0 heterocycles. The molecule has 0 saturated carbocycles. The number of aliphatic hydroxyl groups excluding tert-OH is 1. The minimum atomic E-state index is -0.474. The number of hydrogen-bond donors (Lipinski definition) is 2. The molecule has 0 spiro atoms. The zero-order valence-electron chi connectivity index (χ0n) is 18.5. The highest BCUT2D eigenvalue weighted by Gasteiger charge is 2.23. The average molecular weight is 432 g/mol. The maximum Gasteiger partial charge on any atom is 0.317 e. The van der Waals surface area contributed by atoms with E-state index in [1.165, 1.54) is 0 Å². The highest BCUT2D eigenvalue weighted by molar-refractivity contribution is 5.82. The van der Waals surface area contributed by atoms with E-state index >= 15 is 0 Å². The Balaban J connectivity index is 1.32. The van der Waals surface area contributed by atoms with Crippen LogP contribution in [-0.2, 0) is 9.53 Å². The van der Waals surface area contributed by atoms with Crippen molar-refractivity contribution >= 4 is 5.97 Å². The number of rotatable bonds is 13. The third-order valence-electron chi connectivity index (χ3n) is 5.52. The van der Waals surface area contributed by atoms with Gasteiger partial charge in [0.15, 0.2) is 0 Å². The van der Waals surface area contributed by atoms with Crippen molar-refractivity contribution in [3.63, 3.8) is 0 Å². The lowest BCUT2D eigenvalue weighted by Gasteiger charge is -2.17. The highest BCUT2D eigenvalue weighted by atomic mass is 16.5. The molecule has 2 N–H and O–H groups in total. The molecular weight excluding hydrogens is 398 g/mol. The molecule has 32 heavy (non-hydrogen) atoms. The van der Waals surface area contributed by atoms with Crippen LogP contribution in [0.4, 0.5) is 0 Å². The molecule has 0 amide bonds. The summed E-state index contributed by atoms with van der Waals surface area (Å²) >= 11 is 0. The van der Waals surface area contributed by atoms with Crippen LogP contribution in [0.15, 0.2) is 91.0 Å². The Morgan fingerprint density at radius 1 is 0.719 bits per heavy atom. The standard InChI is InChI=1S/C28H33NO3/c30-26(23-14-6-3-7-15-23)22-29-20-12-1-2-13-21-32-28(31)27(24-16-8-4-9-17-24)25-18-10-5-11-19-25/h3-11,14-19,26-27,29-30H,1-2,12-13,20-22H2. The Kier molecular flexibility index (Phi) is 9.97. The van der Waals surface area contributed by atoms with E-state index in [0.717, 1.165) is 48.9 Å². The van der Waals surface area contributed by atoms with Gasteiger partial charge in [0.05, 0.1) is 12.7 Å². The van der Waals surface area contributed by atoms with Crippen molar-refractivity contribution in [2.45, 2.75) is 37.7 Å². The van der Waals surface area contributed by atoms with E-state index in [4.69, 9.17) is 4.74 Å². The van der Waals surface area contributed by atoms with Crippen molar-refractivity contribution in [2.24, 2.45) is 0 Å². The molecular formula is C28H33NO3. The molecule has 4 nitrogen and oxygen atoms in total. The molecule has 0 aliphatic heterocycles. The monoisotopic (exact) mass is 431 g/mol. The van der Waals surface area contributed by atoms with Gasteiger partial charge in [0.25, 0.3) is 0 Å². The van der Waals surface area contributed by atoms with Crippen LogP contribution in [0.5, 0.6) is 0 Å². The van der Waals surface area contributed by atoms with E-state index in [1.54, 1.807) is 0 Å². The van der Waals surface area contributed by atoms with Gasteiger partial charge >= 0.3 is 5.97 Å². The molecule has 168 valence electrons.